The molecule has 0 atom stereocenters. The minimum absolute atomic E-state index is 0.121. The number of nitrogens with zero attached hydrogens (tertiary/aromatic N) is 4. The first-order valence-corrected chi connectivity index (χ1v) is 8.24. The van der Waals surface area contributed by atoms with Crippen LogP contribution in [0.3, 0.4) is 0 Å². The molecule has 0 saturated carbocycles. The average molecular weight is 354 g/mol. The van der Waals surface area contributed by atoms with E-state index in [1.807, 2.05) is 47.4 Å². The van der Waals surface area contributed by atoms with Crippen molar-refractivity contribution < 1.29 is 4.79 Å². The first kappa shape index (κ1) is 15.7. The number of carbonyl (C=O) groups excluding carboxylic acids is 1. The van der Waals surface area contributed by atoms with Crippen molar-refractivity contribution in [2.45, 2.75) is 19.4 Å². The quantitative estimate of drug-likeness (QED) is 0.900. The maximum Gasteiger partial charge on any atom is 0.275 e. The van der Waals surface area contributed by atoms with Crippen LogP contribution >= 0.6 is 11.6 Å². The van der Waals surface area contributed by atoms with Gasteiger partial charge in [0.15, 0.2) is 0 Å². The molecule has 1 amide bonds. The zero-order valence-corrected chi connectivity index (χ0v) is 14.5. The molecule has 2 aliphatic heterocycles. The lowest BCUT2D eigenvalue weighted by Crippen LogP contribution is -2.44. The van der Waals surface area contributed by atoms with Crippen molar-refractivity contribution in [2.24, 2.45) is 9.98 Å². The van der Waals surface area contributed by atoms with Crippen LogP contribution in [0, 0.1) is 0 Å². The molecule has 0 aliphatic carbocycles. The lowest BCUT2D eigenvalue weighted by Gasteiger charge is -2.17. The number of aliphatic imine (C=N–C) groups is 2. The number of benzene rings is 2. The third-order valence-corrected chi connectivity index (χ3v) is 4.26. The second-order valence-electron chi connectivity index (χ2n) is 6.31. The van der Waals surface area contributed by atoms with Gasteiger partial charge in [-0.25, -0.2) is 14.9 Å². The van der Waals surface area contributed by atoms with Gasteiger partial charge in [0.05, 0.1) is 11.4 Å². The fraction of sp³-hybridized carbons (Fsp3) is 0.167. The number of anilines is 1. The Kier molecular flexibility index (Phi) is 3.51. The monoisotopic (exact) mass is 353 g/mol. The van der Waals surface area contributed by atoms with Gasteiger partial charge in [-0.2, -0.15) is 5.01 Å². The lowest BCUT2D eigenvalue weighted by molar-refractivity contribution is -0.131. The van der Waals surface area contributed by atoms with Crippen LogP contribution in [-0.2, 0) is 4.79 Å². The molecule has 6 nitrogen and oxygen atoms in total. The molecular formula is C18H16ClN5O. The first-order chi connectivity index (χ1) is 12.0. The van der Waals surface area contributed by atoms with E-state index in [9.17, 15) is 4.79 Å². The van der Waals surface area contributed by atoms with Crippen LogP contribution in [0.5, 0.6) is 0 Å². The Balaban J connectivity index is 1.81. The van der Waals surface area contributed by atoms with E-state index in [1.165, 1.54) is 5.01 Å². The van der Waals surface area contributed by atoms with Gasteiger partial charge >= 0.3 is 0 Å². The van der Waals surface area contributed by atoms with Crippen LogP contribution in [0.2, 0.25) is 5.02 Å². The molecule has 0 bridgehead atoms. The number of rotatable bonds is 2. The number of para-hydroxylation sites is 1. The van der Waals surface area contributed by atoms with Gasteiger partial charge in [0.2, 0.25) is 11.9 Å². The van der Waals surface area contributed by atoms with Crippen molar-refractivity contribution in [3.63, 3.8) is 0 Å². The lowest BCUT2D eigenvalue weighted by atomic mass is 10.1. The van der Waals surface area contributed by atoms with Crippen LogP contribution in [0.4, 0.5) is 11.4 Å². The number of hydrogen-bond donors (Lipinski definition) is 1. The maximum atomic E-state index is 12.6. The van der Waals surface area contributed by atoms with Gasteiger partial charge in [-0.3, -0.25) is 10.2 Å². The van der Waals surface area contributed by atoms with E-state index in [-0.39, 0.29) is 5.91 Å². The molecule has 126 valence electrons. The summed E-state index contributed by atoms with van der Waals surface area (Å²) in [4.78, 5) is 23.6. The summed E-state index contributed by atoms with van der Waals surface area (Å²) in [6.07, 6.45) is 0. The summed E-state index contributed by atoms with van der Waals surface area (Å²) < 4.78 is 0. The van der Waals surface area contributed by atoms with Gasteiger partial charge in [-0.05, 0) is 50.2 Å². The van der Waals surface area contributed by atoms with E-state index in [1.54, 1.807) is 26.0 Å². The van der Waals surface area contributed by atoms with Gasteiger partial charge in [-0.1, -0.05) is 29.8 Å². The van der Waals surface area contributed by atoms with E-state index in [0.717, 1.165) is 11.4 Å². The number of carbonyl (C=O) groups is 1. The van der Waals surface area contributed by atoms with Gasteiger partial charge in [-0.15, -0.1) is 0 Å². The number of nitrogens with one attached hydrogen (secondary N) is 1. The highest BCUT2D eigenvalue weighted by Gasteiger charge is 2.49. The van der Waals surface area contributed by atoms with Gasteiger partial charge in [0.25, 0.3) is 5.91 Å². The highest BCUT2D eigenvalue weighted by molar-refractivity contribution is 6.30. The Morgan fingerprint density at radius 2 is 1.76 bits per heavy atom. The molecule has 2 aromatic rings. The molecule has 1 N–H and O–H groups in total. The molecule has 1 fully saturated rings. The third kappa shape index (κ3) is 2.64. The summed E-state index contributed by atoms with van der Waals surface area (Å²) in [6, 6.07) is 16.9. The average Bonchev–Trinajstić information content (AvgIpc) is 3.04. The molecule has 0 aromatic heterocycles. The third-order valence-electron chi connectivity index (χ3n) is 4.01. The fourth-order valence-electron chi connectivity index (χ4n) is 2.74. The number of halogens is 1. The summed E-state index contributed by atoms with van der Waals surface area (Å²) in [5, 5.41) is 2.09. The van der Waals surface area contributed by atoms with Gasteiger partial charge < -0.3 is 0 Å². The number of hydrogen-bond acceptors (Lipinski definition) is 3. The summed E-state index contributed by atoms with van der Waals surface area (Å²) in [6.45, 7) is 3.59. The van der Waals surface area contributed by atoms with Crippen LogP contribution in [0.25, 0.3) is 0 Å². The molecule has 4 rings (SSSR count). The smallest absolute Gasteiger partial charge is 0.270 e. The topological polar surface area (TPSA) is 60.3 Å². The largest absolute Gasteiger partial charge is 0.275 e. The SMILES string of the molecule is CC1(C)N=C2N(NC(=Nc3ccc(Cl)cc3)N2c2ccccc2)C1=O. The summed E-state index contributed by atoms with van der Waals surface area (Å²) in [5.41, 5.74) is 3.85. The summed E-state index contributed by atoms with van der Waals surface area (Å²) in [7, 11) is 0. The van der Waals surface area contributed by atoms with Gasteiger partial charge in [0, 0.05) is 5.02 Å². The van der Waals surface area contributed by atoms with Crippen molar-refractivity contribution in [2.75, 3.05) is 4.90 Å². The Hall–Kier alpha value is -2.86. The standard InChI is InChI=1S/C18H16ClN5O/c1-18(2)15(25)24-17(21-18)23(14-6-4-3-5-7-14)16(22-24)20-13-10-8-12(19)9-11-13/h3-11H,1-2H3,(H,20,22). The van der Waals surface area contributed by atoms with Crippen molar-refractivity contribution in [3.8, 4) is 0 Å². The summed E-state index contributed by atoms with van der Waals surface area (Å²) >= 11 is 5.93. The van der Waals surface area contributed by atoms with Crippen molar-refractivity contribution in [1.29, 1.82) is 0 Å². The van der Waals surface area contributed by atoms with E-state index >= 15 is 0 Å². The van der Waals surface area contributed by atoms with E-state index in [2.05, 4.69) is 15.4 Å². The van der Waals surface area contributed by atoms with Crippen molar-refractivity contribution in [1.82, 2.24) is 10.4 Å². The van der Waals surface area contributed by atoms with Crippen LogP contribution in [0.1, 0.15) is 13.8 Å². The molecule has 1 saturated heterocycles. The van der Waals surface area contributed by atoms with Gasteiger partial charge in [0.1, 0.15) is 5.54 Å². The Labute approximate surface area is 150 Å². The second-order valence-corrected chi connectivity index (χ2v) is 6.74. The van der Waals surface area contributed by atoms with Crippen LogP contribution < -0.4 is 10.3 Å². The maximum absolute atomic E-state index is 12.6. The Bertz CT molecular complexity index is 889. The number of hydrazine groups is 1. The van der Waals surface area contributed by atoms with E-state index in [0.29, 0.717) is 16.9 Å². The molecule has 0 radical (unpaired) electrons. The predicted molar refractivity (Wildman–Crippen MR) is 99.0 cm³/mol. The second kappa shape index (κ2) is 5.60. The highest BCUT2D eigenvalue weighted by atomic mass is 35.5. The molecule has 2 heterocycles. The minimum Gasteiger partial charge on any atom is -0.270 e. The molecule has 0 spiro atoms. The van der Waals surface area contributed by atoms with Crippen molar-refractivity contribution >= 4 is 40.8 Å². The predicted octanol–water partition coefficient (Wildman–Crippen LogP) is 3.33. The van der Waals surface area contributed by atoms with E-state index in [4.69, 9.17) is 11.6 Å². The molecule has 25 heavy (non-hydrogen) atoms. The number of fused-ring (bicyclic) bond motifs is 1. The minimum atomic E-state index is -0.804. The molecule has 0 unspecified atom stereocenters. The molecule has 2 aromatic carbocycles. The number of guanidine groups is 2. The zero-order valence-electron chi connectivity index (χ0n) is 13.8. The normalized spacial score (nSPS) is 19.9. The molecule has 7 heteroatoms. The molecular weight excluding hydrogens is 338 g/mol. The Morgan fingerprint density at radius 1 is 1.08 bits per heavy atom. The zero-order chi connectivity index (χ0) is 17.6. The Morgan fingerprint density at radius 3 is 2.44 bits per heavy atom. The van der Waals surface area contributed by atoms with E-state index < -0.39 is 5.54 Å². The van der Waals surface area contributed by atoms with Crippen LogP contribution in [-0.4, -0.2) is 28.4 Å². The first-order valence-electron chi connectivity index (χ1n) is 7.86. The van der Waals surface area contributed by atoms with Crippen molar-refractivity contribution in [3.05, 3.63) is 59.6 Å². The number of amides is 1. The molecule has 2 aliphatic rings. The van der Waals surface area contributed by atoms with Crippen LogP contribution in [0.15, 0.2) is 64.6 Å². The highest BCUT2D eigenvalue weighted by Crippen LogP contribution is 2.30. The fourth-order valence-corrected chi connectivity index (χ4v) is 2.86. The summed E-state index contributed by atoms with van der Waals surface area (Å²) in [5.74, 6) is 0.912.